The molecule has 0 saturated carbocycles. The number of oxazole rings is 1. The van der Waals surface area contributed by atoms with Crippen molar-refractivity contribution in [2.75, 3.05) is 5.32 Å². The number of nitrogens with zero attached hydrogens (tertiary/aromatic N) is 1. The number of halogens is 1. The molecule has 1 aromatic heterocycles. The van der Waals surface area contributed by atoms with Gasteiger partial charge in [-0.25, -0.2) is 4.98 Å². The standard InChI is InChI=1S/C24H15ClN2O2/c25-17-12-9-16(10-13-17)23(28)26-20-8-4-3-7-19(20)24-27-22-18-6-2-1-5-15(18)11-14-21(22)29-24/h1-14H,(H,26,28). The molecule has 0 atom stereocenters. The van der Waals surface area contributed by atoms with Crippen molar-refractivity contribution in [1.82, 2.24) is 4.98 Å². The van der Waals surface area contributed by atoms with Crippen LogP contribution < -0.4 is 5.32 Å². The van der Waals surface area contributed by atoms with E-state index in [1.165, 1.54) is 0 Å². The number of para-hydroxylation sites is 1. The quantitative estimate of drug-likeness (QED) is 0.374. The number of carbonyl (C=O) groups excluding carboxylic acids is 1. The molecular formula is C24H15ClN2O2. The SMILES string of the molecule is O=C(Nc1ccccc1-c1nc2c(ccc3ccccc32)o1)c1ccc(Cl)cc1. The van der Waals surface area contributed by atoms with E-state index in [-0.39, 0.29) is 5.91 Å². The van der Waals surface area contributed by atoms with Crippen molar-refractivity contribution < 1.29 is 9.21 Å². The third-order valence-corrected chi connectivity index (χ3v) is 5.05. The van der Waals surface area contributed by atoms with E-state index in [4.69, 9.17) is 21.0 Å². The number of amides is 1. The molecule has 1 N–H and O–H groups in total. The Morgan fingerprint density at radius 2 is 1.62 bits per heavy atom. The minimum absolute atomic E-state index is 0.226. The first-order valence-electron chi connectivity index (χ1n) is 9.14. The van der Waals surface area contributed by atoms with Crippen LogP contribution in [0.3, 0.4) is 0 Å². The maximum Gasteiger partial charge on any atom is 0.255 e. The van der Waals surface area contributed by atoms with Gasteiger partial charge in [0.05, 0.1) is 11.3 Å². The molecule has 0 saturated heterocycles. The van der Waals surface area contributed by atoms with Crippen molar-refractivity contribution in [3.63, 3.8) is 0 Å². The van der Waals surface area contributed by atoms with Crippen molar-refractivity contribution in [2.24, 2.45) is 0 Å². The summed E-state index contributed by atoms with van der Waals surface area (Å²) in [6.45, 7) is 0. The first-order valence-corrected chi connectivity index (χ1v) is 9.51. The molecule has 1 amide bonds. The summed E-state index contributed by atoms with van der Waals surface area (Å²) >= 11 is 5.91. The van der Waals surface area contributed by atoms with Gasteiger partial charge in [0.15, 0.2) is 5.58 Å². The van der Waals surface area contributed by atoms with Crippen molar-refractivity contribution in [1.29, 1.82) is 0 Å². The first-order chi connectivity index (χ1) is 14.2. The molecule has 140 valence electrons. The highest BCUT2D eigenvalue weighted by Gasteiger charge is 2.16. The molecule has 0 bridgehead atoms. The van der Waals surface area contributed by atoms with Gasteiger partial charge < -0.3 is 9.73 Å². The summed E-state index contributed by atoms with van der Waals surface area (Å²) in [6.07, 6.45) is 0. The number of hydrogen-bond acceptors (Lipinski definition) is 3. The van der Waals surface area contributed by atoms with Crippen LogP contribution in [0.4, 0.5) is 5.69 Å². The van der Waals surface area contributed by atoms with Gasteiger partial charge >= 0.3 is 0 Å². The Morgan fingerprint density at radius 1 is 0.862 bits per heavy atom. The van der Waals surface area contributed by atoms with Crippen LogP contribution in [0, 0.1) is 0 Å². The highest BCUT2D eigenvalue weighted by atomic mass is 35.5. The van der Waals surface area contributed by atoms with Gasteiger partial charge in [-0.1, -0.05) is 54.1 Å². The lowest BCUT2D eigenvalue weighted by atomic mass is 10.1. The zero-order valence-corrected chi connectivity index (χ0v) is 16.0. The van der Waals surface area contributed by atoms with E-state index >= 15 is 0 Å². The predicted molar refractivity (Wildman–Crippen MR) is 116 cm³/mol. The fraction of sp³-hybridized carbons (Fsp3) is 0. The number of fused-ring (bicyclic) bond motifs is 3. The Bertz CT molecular complexity index is 1360. The van der Waals surface area contributed by atoms with E-state index in [0.29, 0.717) is 27.7 Å². The maximum absolute atomic E-state index is 12.7. The minimum atomic E-state index is -0.226. The lowest BCUT2D eigenvalue weighted by Gasteiger charge is -2.09. The zero-order chi connectivity index (χ0) is 19.8. The lowest BCUT2D eigenvalue weighted by Crippen LogP contribution is -2.12. The van der Waals surface area contributed by atoms with Crippen molar-refractivity contribution in [3.05, 3.63) is 95.5 Å². The molecular weight excluding hydrogens is 384 g/mol. The van der Waals surface area contributed by atoms with Gasteiger partial charge in [0.1, 0.15) is 5.52 Å². The summed E-state index contributed by atoms with van der Waals surface area (Å²) in [5, 5.41) is 5.66. The largest absolute Gasteiger partial charge is 0.436 e. The number of nitrogens with one attached hydrogen (secondary N) is 1. The molecule has 0 fully saturated rings. The Hall–Kier alpha value is -3.63. The first kappa shape index (κ1) is 17.5. The van der Waals surface area contributed by atoms with Crippen LogP contribution in [-0.4, -0.2) is 10.9 Å². The van der Waals surface area contributed by atoms with Crippen LogP contribution in [-0.2, 0) is 0 Å². The second-order valence-electron chi connectivity index (χ2n) is 6.66. The Labute approximate surface area is 171 Å². The third kappa shape index (κ3) is 3.24. The number of rotatable bonds is 3. The van der Waals surface area contributed by atoms with Crippen LogP contribution >= 0.6 is 11.6 Å². The van der Waals surface area contributed by atoms with Crippen molar-refractivity contribution in [3.8, 4) is 11.5 Å². The minimum Gasteiger partial charge on any atom is -0.436 e. The molecule has 0 spiro atoms. The molecule has 4 aromatic carbocycles. The van der Waals surface area contributed by atoms with Crippen LogP contribution in [0.1, 0.15) is 10.4 Å². The summed E-state index contributed by atoms with van der Waals surface area (Å²) in [5.74, 6) is 0.235. The number of hydrogen-bond donors (Lipinski definition) is 1. The van der Waals surface area contributed by atoms with Gasteiger partial charge in [0.2, 0.25) is 5.89 Å². The van der Waals surface area contributed by atoms with Gasteiger partial charge in [-0.2, -0.15) is 0 Å². The molecule has 0 aliphatic heterocycles. The van der Waals surface area contributed by atoms with Crippen molar-refractivity contribution >= 4 is 45.1 Å². The number of anilines is 1. The molecule has 0 radical (unpaired) electrons. The average molecular weight is 399 g/mol. The van der Waals surface area contributed by atoms with Crippen LogP contribution in [0.5, 0.6) is 0 Å². The smallest absolute Gasteiger partial charge is 0.255 e. The van der Waals surface area contributed by atoms with E-state index < -0.39 is 0 Å². The van der Waals surface area contributed by atoms with Crippen molar-refractivity contribution in [2.45, 2.75) is 0 Å². The molecule has 4 nitrogen and oxygen atoms in total. The predicted octanol–water partition coefficient (Wildman–Crippen LogP) is 6.55. The van der Waals surface area contributed by atoms with E-state index in [1.54, 1.807) is 24.3 Å². The summed E-state index contributed by atoms with van der Waals surface area (Å²) in [7, 11) is 0. The second-order valence-corrected chi connectivity index (χ2v) is 7.10. The highest BCUT2D eigenvalue weighted by Crippen LogP contribution is 2.33. The molecule has 0 aliphatic rings. The Kier molecular flexibility index (Phi) is 4.26. The molecule has 5 aromatic rings. The van der Waals surface area contributed by atoms with E-state index in [9.17, 15) is 4.79 Å². The van der Waals surface area contributed by atoms with Gasteiger partial charge in [-0.05, 0) is 47.9 Å². The normalized spacial score (nSPS) is 11.1. The van der Waals surface area contributed by atoms with Gasteiger partial charge in [0, 0.05) is 16.0 Å². The fourth-order valence-electron chi connectivity index (χ4n) is 3.35. The second kappa shape index (κ2) is 7.08. The molecule has 5 rings (SSSR count). The number of carbonyl (C=O) groups is 1. The van der Waals surface area contributed by atoms with Gasteiger partial charge in [0.25, 0.3) is 5.91 Å². The molecule has 1 heterocycles. The van der Waals surface area contributed by atoms with Gasteiger partial charge in [-0.3, -0.25) is 4.79 Å². The van der Waals surface area contributed by atoms with Crippen LogP contribution in [0.25, 0.3) is 33.3 Å². The van der Waals surface area contributed by atoms with Crippen LogP contribution in [0.15, 0.2) is 89.3 Å². The molecule has 5 heteroatoms. The van der Waals surface area contributed by atoms with Gasteiger partial charge in [-0.15, -0.1) is 0 Å². The lowest BCUT2D eigenvalue weighted by molar-refractivity contribution is 0.102. The zero-order valence-electron chi connectivity index (χ0n) is 15.2. The van der Waals surface area contributed by atoms with E-state index in [1.807, 2.05) is 60.7 Å². The number of aromatic nitrogens is 1. The number of benzene rings is 4. The highest BCUT2D eigenvalue weighted by molar-refractivity contribution is 6.30. The fourth-order valence-corrected chi connectivity index (χ4v) is 3.48. The van der Waals surface area contributed by atoms with E-state index in [0.717, 1.165) is 21.9 Å². The summed E-state index contributed by atoms with van der Waals surface area (Å²) in [5.41, 5.74) is 3.38. The molecule has 0 aliphatic carbocycles. The third-order valence-electron chi connectivity index (χ3n) is 4.80. The average Bonchev–Trinajstić information content (AvgIpc) is 3.19. The van der Waals surface area contributed by atoms with Crippen LogP contribution in [0.2, 0.25) is 5.02 Å². The summed E-state index contributed by atoms with van der Waals surface area (Å²) < 4.78 is 6.03. The Morgan fingerprint density at radius 3 is 2.48 bits per heavy atom. The van der Waals surface area contributed by atoms with E-state index in [2.05, 4.69) is 5.32 Å². The summed E-state index contributed by atoms with van der Waals surface area (Å²) in [4.78, 5) is 17.4. The summed E-state index contributed by atoms with van der Waals surface area (Å²) in [6, 6.07) is 26.2. The molecule has 29 heavy (non-hydrogen) atoms. The monoisotopic (exact) mass is 398 g/mol. The topological polar surface area (TPSA) is 55.1 Å². The Balaban J connectivity index is 1.56. The molecule has 0 unspecified atom stereocenters. The maximum atomic E-state index is 12.7.